The van der Waals surface area contributed by atoms with E-state index < -0.39 is 20.2 Å². The molecule has 2 aromatic carbocycles. The first kappa shape index (κ1) is 24.4. The standard InChI is InChI=1S/C36H36O6S2/c1-13-3-7-15(8-4-13)43(37,38)41-11-35-29-19-17-18-20(29)24-26-22(18)30-21(17)25-23(19)31(35)27-28(32(24)35)34(26)36(30,33(25)27)12-42-44(39,40)16-9-5-14(2)6-10-16/h3-10,17-34H,11-12H2,1-2H3. The van der Waals surface area contributed by atoms with Gasteiger partial charge in [0.1, 0.15) is 0 Å². The van der Waals surface area contributed by atoms with Crippen molar-refractivity contribution in [3.8, 4) is 0 Å². The summed E-state index contributed by atoms with van der Waals surface area (Å²) in [6, 6.07) is 14.2. The van der Waals surface area contributed by atoms with Crippen LogP contribution in [0.1, 0.15) is 11.1 Å². The Kier molecular flexibility index (Phi) is 3.69. The molecule has 12 unspecified atom stereocenters. The first-order valence-electron chi connectivity index (χ1n) is 17.1. The zero-order valence-electron chi connectivity index (χ0n) is 24.7. The molecule has 0 radical (unpaired) electrons. The van der Waals surface area contributed by atoms with E-state index in [0.29, 0.717) is 84.2 Å². The fourth-order valence-electron chi connectivity index (χ4n) is 18.5. The van der Waals surface area contributed by atoms with E-state index in [9.17, 15) is 16.8 Å². The van der Waals surface area contributed by atoms with Crippen LogP contribution in [0.3, 0.4) is 0 Å². The van der Waals surface area contributed by atoms with Crippen molar-refractivity contribution < 1.29 is 25.2 Å². The van der Waals surface area contributed by atoms with Gasteiger partial charge in [-0.3, -0.25) is 8.37 Å². The van der Waals surface area contributed by atoms with Crippen molar-refractivity contribution in [2.75, 3.05) is 13.2 Å². The number of aryl methyl sites for hydroxylation is 2. The summed E-state index contributed by atoms with van der Waals surface area (Å²) in [4.78, 5) is 0.552. The van der Waals surface area contributed by atoms with Gasteiger partial charge in [0.15, 0.2) is 0 Å². The lowest BCUT2D eigenvalue weighted by molar-refractivity contribution is -0.00272. The zero-order chi connectivity index (χ0) is 29.2. The molecule has 0 spiro atoms. The molecule has 0 saturated heterocycles. The van der Waals surface area contributed by atoms with Crippen LogP contribution < -0.4 is 0 Å². The van der Waals surface area contributed by atoms with Gasteiger partial charge >= 0.3 is 0 Å². The van der Waals surface area contributed by atoms with Gasteiger partial charge in [-0.15, -0.1) is 0 Å². The number of benzene rings is 2. The van der Waals surface area contributed by atoms with Gasteiger partial charge in [0.2, 0.25) is 0 Å². The first-order chi connectivity index (χ1) is 21.1. The maximum atomic E-state index is 13.6. The van der Waals surface area contributed by atoms with E-state index in [1.807, 2.05) is 38.1 Å². The Morgan fingerprint density at radius 1 is 0.455 bits per heavy atom. The van der Waals surface area contributed by atoms with Crippen LogP contribution >= 0.6 is 0 Å². The lowest BCUT2D eigenvalue weighted by atomic mass is 9.63. The summed E-state index contributed by atoms with van der Waals surface area (Å²) in [6.07, 6.45) is 0. The molecule has 2 aromatic rings. The van der Waals surface area contributed by atoms with Gasteiger partial charge in [-0.05, 0) is 145 Å². The number of hydrogen-bond donors (Lipinski definition) is 0. The molecular weight excluding hydrogens is 593 g/mol. The van der Waals surface area contributed by atoms with Crippen LogP contribution in [0.4, 0.5) is 0 Å². The van der Waals surface area contributed by atoms with Crippen LogP contribution in [-0.2, 0) is 28.6 Å². The Labute approximate surface area is 258 Å². The molecule has 44 heavy (non-hydrogen) atoms. The van der Waals surface area contributed by atoms with Crippen molar-refractivity contribution >= 4 is 20.2 Å². The van der Waals surface area contributed by atoms with Crippen molar-refractivity contribution in [2.45, 2.75) is 23.6 Å². The Morgan fingerprint density at radius 3 is 1.05 bits per heavy atom. The molecule has 12 fully saturated rings. The zero-order valence-corrected chi connectivity index (χ0v) is 26.3. The molecule has 228 valence electrons. The Balaban J connectivity index is 0.932. The van der Waals surface area contributed by atoms with E-state index in [4.69, 9.17) is 8.37 Å². The molecule has 0 N–H and O–H groups in total. The van der Waals surface area contributed by atoms with Crippen LogP contribution in [0, 0.1) is 131 Å². The van der Waals surface area contributed by atoms with E-state index in [2.05, 4.69) is 0 Å². The van der Waals surface area contributed by atoms with Gasteiger partial charge < -0.3 is 0 Å². The van der Waals surface area contributed by atoms with Crippen LogP contribution in [0.15, 0.2) is 58.3 Å². The summed E-state index contributed by atoms with van der Waals surface area (Å²) >= 11 is 0. The highest BCUT2D eigenvalue weighted by molar-refractivity contribution is 7.87. The van der Waals surface area contributed by atoms with E-state index in [1.54, 1.807) is 24.3 Å². The third kappa shape index (κ3) is 2.00. The molecule has 0 heterocycles. The molecule has 12 aliphatic carbocycles. The predicted octanol–water partition coefficient (Wildman–Crippen LogP) is 4.63. The molecule has 8 heteroatoms. The lowest BCUT2D eigenvalue weighted by Gasteiger charge is -2.42. The maximum Gasteiger partial charge on any atom is 0.296 e. The van der Waals surface area contributed by atoms with Crippen molar-refractivity contribution in [3.63, 3.8) is 0 Å². The SMILES string of the molecule is Cc1ccc(S(=O)(=O)OCC23C4C5C6C7C4C4C8C7C7C6C6C5C2C2C(C43)C8C7(COS(=O)(=O)c3ccc(C)cc3)C62)cc1. The quantitative estimate of drug-likeness (QED) is 0.397. The normalized spacial score (nSPS) is 59.6. The minimum atomic E-state index is -3.83. The minimum Gasteiger partial charge on any atom is -0.266 e. The molecule has 12 aliphatic rings. The van der Waals surface area contributed by atoms with E-state index >= 15 is 0 Å². The topological polar surface area (TPSA) is 86.7 Å². The van der Waals surface area contributed by atoms with Crippen LogP contribution in [0.2, 0.25) is 0 Å². The summed E-state index contributed by atoms with van der Waals surface area (Å²) in [7, 11) is -7.66. The molecule has 14 rings (SSSR count). The fraction of sp³-hybridized carbons (Fsp3) is 0.667. The van der Waals surface area contributed by atoms with Crippen LogP contribution in [0.25, 0.3) is 0 Å². The van der Waals surface area contributed by atoms with E-state index in [0.717, 1.165) is 46.6 Å². The number of rotatable bonds is 8. The second kappa shape index (κ2) is 6.65. The lowest BCUT2D eigenvalue weighted by Crippen LogP contribution is -2.44. The Hall–Kier alpha value is -1.74. The molecule has 0 bridgehead atoms. The van der Waals surface area contributed by atoms with Gasteiger partial charge in [-0.2, -0.15) is 16.8 Å². The Morgan fingerprint density at radius 2 is 0.727 bits per heavy atom. The maximum absolute atomic E-state index is 13.6. The van der Waals surface area contributed by atoms with Crippen molar-refractivity contribution in [3.05, 3.63) is 59.7 Å². The summed E-state index contributed by atoms with van der Waals surface area (Å²) in [5, 5.41) is 0. The highest BCUT2D eigenvalue weighted by atomic mass is 32.2. The second-order valence-electron chi connectivity index (χ2n) is 17.4. The van der Waals surface area contributed by atoms with Crippen LogP contribution in [0.5, 0.6) is 0 Å². The fourth-order valence-corrected chi connectivity index (χ4v) is 20.4. The molecular formula is C36H36O6S2. The third-order valence-corrected chi connectivity index (χ3v) is 20.1. The van der Waals surface area contributed by atoms with Gasteiger partial charge in [-0.25, -0.2) is 0 Å². The summed E-state index contributed by atoms with van der Waals surface area (Å²) in [5.41, 5.74) is 2.10. The first-order valence-corrected chi connectivity index (χ1v) is 19.9. The predicted molar refractivity (Wildman–Crippen MR) is 156 cm³/mol. The van der Waals surface area contributed by atoms with E-state index in [1.165, 1.54) is 0 Å². The average molecular weight is 629 g/mol. The monoisotopic (exact) mass is 628 g/mol. The summed E-state index contributed by atoms with van der Waals surface area (Å²) in [6.45, 7) is 4.69. The van der Waals surface area contributed by atoms with Crippen molar-refractivity contribution in [2.24, 2.45) is 117 Å². The third-order valence-electron chi connectivity index (χ3n) is 17.6. The highest BCUT2D eigenvalue weighted by Gasteiger charge is 3.04. The van der Waals surface area contributed by atoms with E-state index in [-0.39, 0.29) is 20.6 Å². The average Bonchev–Trinajstić information content (AvgIpc) is 3.79. The molecule has 0 aromatic heterocycles. The van der Waals surface area contributed by atoms with Gasteiger partial charge in [0.25, 0.3) is 20.2 Å². The minimum absolute atomic E-state index is 0.00583. The van der Waals surface area contributed by atoms with Crippen molar-refractivity contribution in [1.29, 1.82) is 0 Å². The largest absolute Gasteiger partial charge is 0.296 e. The Bertz CT molecular complexity index is 1770. The highest BCUT2D eigenvalue weighted by Crippen LogP contribution is 3.06. The molecule has 0 amide bonds. The molecule has 0 aliphatic heterocycles. The molecule has 12 atom stereocenters. The summed E-state index contributed by atoms with van der Waals surface area (Å²) < 4.78 is 66.9. The number of hydrogen-bond acceptors (Lipinski definition) is 6. The van der Waals surface area contributed by atoms with Gasteiger partial charge in [0.05, 0.1) is 23.0 Å². The van der Waals surface area contributed by atoms with Gasteiger partial charge in [0, 0.05) is 10.8 Å². The van der Waals surface area contributed by atoms with Gasteiger partial charge in [-0.1, -0.05) is 35.4 Å². The van der Waals surface area contributed by atoms with Crippen LogP contribution in [-0.4, -0.2) is 30.0 Å². The van der Waals surface area contributed by atoms with Crippen molar-refractivity contribution in [1.82, 2.24) is 0 Å². The summed E-state index contributed by atoms with van der Waals surface area (Å²) in [5.74, 6) is 12.2. The molecule has 12 saturated carbocycles. The smallest absolute Gasteiger partial charge is 0.266 e. The molecule has 6 nitrogen and oxygen atoms in total. The second-order valence-corrected chi connectivity index (χ2v) is 20.6.